The minimum Gasteiger partial charge on any atom is -0.480 e. The van der Waals surface area contributed by atoms with Crippen molar-refractivity contribution in [3.63, 3.8) is 0 Å². The van der Waals surface area contributed by atoms with Crippen molar-refractivity contribution in [1.82, 2.24) is 9.69 Å². The standard InChI is InChI=1S/C9H14N2OS/c1-10-6-4-3-5-7-8(6)9(12-2)11-13-7/h6,10H,3-5H2,1-2H3/t6-/m0/s1. The predicted molar refractivity (Wildman–Crippen MR) is 53.4 cm³/mol. The first-order valence-electron chi connectivity index (χ1n) is 4.56. The Morgan fingerprint density at radius 1 is 1.62 bits per heavy atom. The van der Waals surface area contributed by atoms with Gasteiger partial charge in [0, 0.05) is 16.5 Å². The summed E-state index contributed by atoms with van der Waals surface area (Å²) in [6.07, 6.45) is 3.61. The fourth-order valence-corrected chi connectivity index (χ4v) is 2.81. The summed E-state index contributed by atoms with van der Waals surface area (Å²) >= 11 is 1.58. The highest BCUT2D eigenvalue weighted by atomic mass is 32.1. The van der Waals surface area contributed by atoms with Crippen LogP contribution in [-0.2, 0) is 6.42 Å². The lowest BCUT2D eigenvalue weighted by atomic mass is 9.94. The highest BCUT2D eigenvalue weighted by Gasteiger charge is 2.25. The molecule has 1 atom stereocenters. The zero-order chi connectivity index (χ0) is 9.26. The summed E-state index contributed by atoms with van der Waals surface area (Å²) in [5, 5.41) is 3.31. The van der Waals surface area contributed by atoms with Crippen LogP contribution in [0.25, 0.3) is 0 Å². The van der Waals surface area contributed by atoms with Crippen LogP contribution in [0.15, 0.2) is 0 Å². The summed E-state index contributed by atoms with van der Waals surface area (Å²) in [4.78, 5) is 1.39. The molecule has 2 rings (SSSR count). The average Bonchev–Trinajstić information content (AvgIpc) is 2.60. The lowest BCUT2D eigenvalue weighted by Gasteiger charge is -2.21. The van der Waals surface area contributed by atoms with Gasteiger partial charge >= 0.3 is 0 Å². The van der Waals surface area contributed by atoms with Crippen molar-refractivity contribution in [1.29, 1.82) is 0 Å². The molecule has 13 heavy (non-hydrogen) atoms. The molecular weight excluding hydrogens is 184 g/mol. The van der Waals surface area contributed by atoms with Gasteiger partial charge in [-0.05, 0) is 37.8 Å². The summed E-state index contributed by atoms with van der Waals surface area (Å²) in [6.45, 7) is 0. The lowest BCUT2D eigenvalue weighted by Crippen LogP contribution is -2.20. The van der Waals surface area contributed by atoms with E-state index in [1.807, 2.05) is 7.05 Å². The predicted octanol–water partition coefficient (Wildman–Crippen LogP) is 1.75. The molecule has 0 aliphatic heterocycles. The van der Waals surface area contributed by atoms with E-state index < -0.39 is 0 Å². The Hall–Kier alpha value is -0.610. The second kappa shape index (κ2) is 3.64. The number of nitrogens with zero attached hydrogens (tertiary/aromatic N) is 1. The number of ether oxygens (including phenoxy) is 1. The van der Waals surface area contributed by atoms with Gasteiger partial charge in [0.05, 0.1) is 7.11 Å². The van der Waals surface area contributed by atoms with Crippen molar-refractivity contribution in [2.45, 2.75) is 25.3 Å². The molecule has 0 bridgehead atoms. The zero-order valence-electron chi connectivity index (χ0n) is 7.96. The van der Waals surface area contributed by atoms with Crippen LogP contribution in [0.2, 0.25) is 0 Å². The molecule has 1 N–H and O–H groups in total. The van der Waals surface area contributed by atoms with Gasteiger partial charge in [-0.1, -0.05) is 0 Å². The van der Waals surface area contributed by atoms with Crippen LogP contribution < -0.4 is 10.1 Å². The summed E-state index contributed by atoms with van der Waals surface area (Å²) in [6, 6.07) is 0.442. The number of methoxy groups -OCH3 is 1. The summed E-state index contributed by atoms with van der Waals surface area (Å²) in [5.74, 6) is 0.819. The Bertz CT molecular complexity index is 284. The van der Waals surface area contributed by atoms with Crippen molar-refractivity contribution >= 4 is 11.5 Å². The molecule has 0 unspecified atom stereocenters. The molecule has 0 fully saturated rings. The maximum atomic E-state index is 5.24. The molecule has 1 aliphatic rings. The third-order valence-electron chi connectivity index (χ3n) is 2.56. The molecule has 4 heteroatoms. The molecule has 0 amide bonds. The average molecular weight is 198 g/mol. The number of rotatable bonds is 2. The molecule has 0 aromatic carbocycles. The van der Waals surface area contributed by atoms with Gasteiger partial charge in [-0.25, -0.2) is 0 Å². The Balaban J connectivity index is 2.39. The normalized spacial score (nSPS) is 21.2. The first-order chi connectivity index (χ1) is 6.36. The monoisotopic (exact) mass is 198 g/mol. The molecule has 3 nitrogen and oxygen atoms in total. The maximum absolute atomic E-state index is 5.24. The van der Waals surface area contributed by atoms with Gasteiger partial charge in [-0.15, -0.1) is 0 Å². The van der Waals surface area contributed by atoms with Gasteiger partial charge < -0.3 is 10.1 Å². The first kappa shape index (κ1) is 8.97. The minimum atomic E-state index is 0.442. The Labute approximate surface area is 82.3 Å². The molecule has 1 aromatic heterocycles. The smallest absolute Gasteiger partial charge is 0.230 e. The quantitative estimate of drug-likeness (QED) is 0.786. The van der Waals surface area contributed by atoms with Crippen LogP contribution in [-0.4, -0.2) is 18.5 Å². The van der Waals surface area contributed by atoms with Crippen molar-refractivity contribution in [2.24, 2.45) is 0 Å². The van der Waals surface area contributed by atoms with Crippen molar-refractivity contribution in [2.75, 3.05) is 14.2 Å². The number of aromatic nitrogens is 1. The molecule has 0 spiro atoms. The SMILES string of the molecule is CN[C@H]1CCCc2snc(OC)c21. The highest BCUT2D eigenvalue weighted by Crippen LogP contribution is 2.38. The molecule has 1 aromatic rings. The van der Waals surface area contributed by atoms with Crippen LogP contribution in [0.4, 0.5) is 0 Å². The van der Waals surface area contributed by atoms with E-state index >= 15 is 0 Å². The number of nitrogens with one attached hydrogen (secondary N) is 1. The number of hydrogen-bond donors (Lipinski definition) is 1. The number of hydrogen-bond acceptors (Lipinski definition) is 4. The van der Waals surface area contributed by atoms with Gasteiger partial charge in [0.25, 0.3) is 0 Å². The minimum absolute atomic E-state index is 0.442. The molecule has 0 saturated carbocycles. The third kappa shape index (κ3) is 1.44. The molecular formula is C9H14N2OS. The van der Waals surface area contributed by atoms with Gasteiger partial charge in [0.15, 0.2) is 0 Å². The third-order valence-corrected chi connectivity index (χ3v) is 3.46. The Morgan fingerprint density at radius 2 is 2.46 bits per heavy atom. The van der Waals surface area contributed by atoms with Crippen molar-refractivity contribution in [3.8, 4) is 5.88 Å². The first-order valence-corrected chi connectivity index (χ1v) is 5.34. The number of aryl methyl sites for hydroxylation is 1. The largest absolute Gasteiger partial charge is 0.480 e. The van der Waals surface area contributed by atoms with E-state index in [-0.39, 0.29) is 0 Å². The van der Waals surface area contributed by atoms with E-state index in [2.05, 4.69) is 9.69 Å². The topological polar surface area (TPSA) is 34.2 Å². The molecule has 0 radical (unpaired) electrons. The van der Waals surface area contributed by atoms with E-state index in [1.54, 1.807) is 18.6 Å². The van der Waals surface area contributed by atoms with E-state index in [9.17, 15) is 0 Å². The van der Waals surface area contributed by atoms with Crippen LogP contribution in [0.5, 0.6) is 5.88 Å². The fraction of sp³-hybridized carbons (Fsp3) is 0.667. The van der Waals surface area contributed by atoms with E-state index in [1.165, 1.54) is 23.3 Å². The van der Waals surface area contributed by atoms with E-state index in [0.29, 0.717) is 6.04 Å². The van der Waals surface area contributed by atoms with Crippen molar-refractivity contribution in [3.05, 3.63) is 10.4 Å². The second-order valence-corrected chi connectivity index (χ2v) is 4.12. The second-order valence-electron chi connectivity index (χ2n) is 3.26. The summed E-state index contributed by atoms with van der Waals surface area (Å²) in [5.41, 5.74) is 1.29. The summed E-state index contributed by atoms with van der Waals surface area (Å²) in [7, 11) is 3.69. The van der Waals surface area contributed by atoms with Crippen LogP contribution in [0, 0.1) is 0 Å². The lowest BCUT2D eigenvalue weighted by molar-refractivity contribution is 0.382. The molecule has 72 valence electrons. The van der Waals surface area contributed by atoms with Gasteiger partial charge in [-0.2, -0.15) is 4.37 Å². The molecule has 1 heterocycles. The van der Waals surface area contributed by atoms with Gasteiger partial charge in [0.1, 0.15) is 0 Å². The Morgan fingerprint density at radius 3 is 3.15 bits per heavy atom. The van der Waals surface area contributed by atoms with Crippen molar-refractivity contribution < 1.29 is 4.74 Å². The maximum Gasteiger partial charge on any atom is 0.230 e. The summed E-state index contributed by atoms with van der Waals surface area (Å²) < 4.78 is 9.54. The highest BCUT2D eigenvalue weighted by molar-refractivity contribution is 7.06. The zero-order valence-corrected chi connectivity index (χ0v) is 8.78. The van der Waals surface area contributed by atoms with Gasteiger partial charge in [-0.3, -0.25) is 0 Å². The van der Waals surface area contributed by atoms with Crippen LogP contribution in [0.1, 0.15) is 29.3 Å². The van der Waals surface area contributed by atoms with E-state index in [0.717, 1.165) is 12.3 Å². The van der Waals surface area contributed by atoms with Crippen LogP contribution >= 0.6 is 11.5 Å². The van der Waals surface area contributed by atoms with Gasteiger partial charge in [0.2, 0.25) is 5.88 Å². The fourth-order valence-electron chi connectivity index (χ4n) is 1.88. The van der Waals surface area contributed by atoms with Crippen LogP contribution in [0.3, 0.4) is 0 Å². The number of fused-ring (bicyclic) bond motifs is 1. The molecule has 0 saturated heterocycles. The Kier molecular flexibility index (Phi) is 2.51. The molecule has 1 aliphatic carbocycles. The van der Waals surface area contributed by atoms with E-state index in [4.69, 9.17) is 4.74 Å².